The number of likely N-dealkylation sites (tertiary alicyclic amines) is 1. The Morgan fingerprint density at radius 1 is 1.11 bits per heavy atom. The topological polar surface area (TPSA) is 51.7 Å². The smallest absolute Gasteiger partial charge is 0.399 e. The van der Waals surface area contributed by atoms with Gasteiger partial charge in [-0.05, 0) is 52.0 Å². The van der Waals surface area contributed by atoms with Gasteiger partial charge in [0.15, 0.2) is 0 Å². The number of nitrogens with zero attached hydrogens (tertiary/aromatic N) is 2. The Bertz CT molecular complexity index is 688. The van der Waals surface area contributed by atoms with E-state index in [0.29, 0.717) is 5.92 Å². The third-order valence-electron chi connectivity index (χ3n) is 6.20. The molecule has 0 saturated carbocycles. The molecule has 148 valence electrons. The fourth-order valence-electron chi connectivity index (χ4n) is 3.70. The summed E-state index contributed by atoms with van der Waals surface area (Å²) in [6.45, 7) is 15.8. The quantitative estimate of drug-likeness (QED) is 0.749. The van der Waals surface area contributed by atoms with E-state index < -0.39 is 0 Å². The van der Waals surface area contributed by atoms with Crippen LogP contribution in [0.15, 0.2) is 18.5 Å². The number of hydrogen-bond donors (Lipinski definition) is 0. The van der Waals surface area contributed by atoms with Gasteiger partial charge >= 0.3 is 7.12 Å². The Labute approximate surface area is 164 Å². The van der Waals surface area contributed by atoms with Gasteiger partial charge in [-0.15, -0.1) is 0 Å². The molecule has 6 heteroatoms. The molecule has 1 aromatic rings. The van der Waals surface area contributed by atoms with Crippen LogP contribution >= 0.6 is 0 Å². The summed E-state index contributed by atoms with van der Waals surface area (Å²) in [5, 5.41) is 0. The predicted octanol–water partition coefficient (Wildman–Crippen LogP) is 3.13. The van der Waals surface area contributed by atoms with E-state index in [1.54, 1.807) is 0 Å². The fourth-order valence-corrected chi connectivity index (χ4v) is 3.70. The van der Waals surface area contributed by atoms with Crippen LogP contribution in [-0.2, 0) is 14.1 Å². The lowest BCUT2D eigenvalue weighted by atomic mass is 9.78. The lowest BCUT2D eigenvalue weighted by Gasteiger charge is -2.36. The number of piperidine rings is 1. The molecule has 2 fully saturated rings. The lowest BCUT2D eigenvalue weighted by Crippen LogP contribution is -2.43. The zero-order valence-corrected chi connectivity index (χ0v) is 17.8. The zero-order chi connectivity index (χ0) is 20.0. The molecule has 0 radical (unpaired) electrons. The predicted molar refractivity (Wildman–Crippen MR) is 108 cm³/mol. The summed E-state index contributed by atoms with van der Waals surface area (Å²) in [6, 6.07) is 2.17. The van der Waals surface area contributed by atoms with Crippen molar-refractivity contribution in [3.05, 3.63) is 24.0 Å². The maximum absolute atomic E-state index is 12.5. The number of aromatic nitrogens is 1. The number of hydrogen-bond acceptors (Lipinski definition) is 4. The monoisotopic (exact) mass is 372 g/mol. The van der Waals surface area contributed by atoms with E-state index in [0.717, 1.165) is 31.4 Å². The van der Waals surface area contributed by atoms with Crippen LogP contribution in [0.5, 0.6) is 0 Å². The van der Waals surface area contributed by atoms with Crippen LogP contribution in [0.1, 0.15) is 72.8 Å². The fraction of sp³-hybridized carbons (Fsp3) is 0.714. The van der Waals surface area contributed by atoms with Gasteiger partial charge in [0.1, 0.15) is 0 Å². The molecule has 3 heterocycles. The third kappa shape index (κ3) is 4.07. The zero-order valence-electron chi connectivity index (χ0n) is 17.8. The van der Waals surface area contributed by atoms with Crippen LogP contribution < -0.4 is 5.46 Å². The van der Waals surface area contributed by atoms with Crippen molar-refractivity contribution in [3.8, 4) is 0 Å². The van der Waals surface area contributed by atoms with Gasteiger partial charge in [-0.1, -0.05) is 26.8 Å². The molecule has 0 aromatic carbocycles. The molecule has 2 aliphatic rings. The number of amides is 1. The van der Waals surface area contributed by atoms with Crippen LogP contribution in [-0.4, -0.2) is 47.2 Å². The summed E-state index contributed by atoms with van der Waals surface area (Å²) in [4.78, 5) is 18.9. The Morgan fingerprint density at radius 2 is 1.67 bits per heavy atom. The highest BCUT2D eigenvalue weighted by atomic mass is 16.7. The molecule has 1 aromatic heterocycles. The highest BCUT2D eigenvalue weighted by molar-refractivity contribution is 6.62. The molecule has 2 saturated heterocycles. The van der Waals surface area contributed by atoms with Gasteiger partial charge < -0.3 is 14.2 Å². The van der Waals surface area contributed by atoms with Gasteiger partial charge in [0, 0.05) is 36.4 Å². The van der Waals surface area contributed by atoms with Gasteiger partial charge in [0.05, 0.1) is 11.2 Å². The van der Waals surface area contributed by atoms with E-state index in [-0.39, 0.29) is 29.6 Å². The Kier molecular flexibility index (Phi) is 5.19. The van der Waals surface area contributed by atoms with Gasteiger partial charge in [-0.3, -0.25) is 9.78 Å². The van der Waals surface area contributed by atoms with Crippen molar-refractivity contribution in [2.75, 3.05) is 13.1 Å². The molecule has 5 nitrogen and oxygen atoms in total. The van der Waals surface area contributed by atoms with Crippen molar-refractivity contribution < 1.29 is 14.1 Å². The van der Waals surface area contributed by atoms with Crippen molar-refractivity contribution >= 4 is 18.5 Å². The van der Waals surface area contributed by atoms with Crippen molar-refractivity contribution in [1.29, 1.82) is 0 Å². The average molecular weight is 372 g/mol. The van der Waals surface area contributed by atoms with Crippen LogP contribution in [0.4, 0.5) is 0 Å². The molecular formula is C21H33BN2O3. The number of rotatable bonds is 2. The molecule has 0 N–H and O–H groups in total. The summed E-state index contributed by atoms with van der Waals surface area (Å²) in [5.74, 6) is 0.661. The normalized spacial score (nSPS) is 22.9. The molecule has 0 unspecified atom stereocenters. The van der Waals surface area contributed by atoms with Crippen LogP contribution in [0.25, 0.3) is 0 Å². The minimum absolute atomic E-state index is 0.241. The molecule has 27 heavy (non-hydrogen) atoms. The average Bonchev–Trinajstić information content (AvgIpc) is 2.81. The van der Waals surface area contributed by atoms with Crippen molar-refractivity contribution in [1.82, 2.24) is 9.88 Å². The molecule has 0 aliphatic carbocycles. The first-order chi connectivity index (χ1) is 12.4. The molecule has 0 atom stereocenters. The highest BCUT2D eigenvalue weighted by Gasteiger charge is 2.51. The molecule has 0 bridgehead atoms. The van der Waals surface area contributed by atoms with Gasteiger partial charge in [0.25, 0.3) is 0 Å². The van der Waals surface area contributed by atoms with E-state index in [2.05, 4.69) is 38.7 Å². The van der Waals surface area contributed by atoms with Gasteiger partial charge in [0.2, 0.25) is 5.91 Å². The highest BCUT2D eigenvalue weighted by Crippen LogP contribution is 2.37. The summed E-state index contributed by atoms with van der Waals surface area (Å²) in [5.41, 5.74) is 1.16. The Balaban J connectivity index is 1.68. The van der Waals surface area contributed by atoms with E-state index in [4.69, 9.17) is 9.31 Å². The van der Waals surface area contributed by atoms with Crippen LogP contribution in [0.3, 0.4) is 0 Å². The lowest BCUT2D eigenvalue weighted by molar-refractivity contribution is -0.140. The first kappa shape index (κ1) is 20.3. The Hall–Kier alpha value is -1.40. The van der Waals surface area contributed by atoms with E-state index in [1.807, 2.05) is 38.1 Å². The van der Waals surface area contributed by atoms with Gasteiger partial charge in [-0.25, -0.2) is 0 Å². The maximum Gasteiger partial charge on any atom is 0.496 e. The molecular weight excluding hydrogens is 339 g/mol. The molecule has 0 spiro atoms. The second kappa shape index (κ2) is 6.89. The first-order valence-corrected chi connectivity index (χ1v) is 10.0. The number of carbonyl (C=O) groups excluding carboxylic acids is 1. The SMILES string of the molecule is CC(C)(C)C(=O)N1CCC(c2cncc(B3OC(C)(C)C(C)(C)O3)c2)CC1. The van der Waals surface area contributed by atoms with Crippen LogP contribution in [0.2, 0.25) is 0 Å². The van der Waals surface area contributed by atoms with E-state index in [9.17, 15) is 4.79 Å². The first-order valence-electron chi connectivity index (χ1n) is 10.0. The maximum atomic E-state index is 12.5. The molecule has 2 aliphatic heterocycles. The van der Waals surface area contributed by atoms with Crippen molar-refractivity contribution in [3.63, 3.8) is 0 Å². The number of pyridine rings is 1. The summed E-state index contributed by atoms with van der Waals surface area (Å²) < 4.78 is 12.3. The summed E-state index contributed by atoms with van der Waals surface area (Å²) in [6.07, 6.45) is 5.72. The van der Waals surface area contributed by atoms with Gasteiger partial charge in [-0.2, -0.15) is 0 Å². The third-order valence-corrected chi connectivity index (χ3v) is 6.20. The molecule has 3 rings (SSSR count). The minimum Gasteiger partial charge on any atom is -0.399 e. The largest absolute Gasteiger partial charge is 0.496 e. The van der Waals surface area contributed by atoms with Crippen molar-refractivity contribution in [2.45, 2.75) is 78.4 Å². The van der Waals surface area contributed by atoms with Crippen molar-refractivity contribution in [2.24, 2.45) is 5.41 Å². The second-order valence-corrected chi connectivity index (χ2v) is 9.96. The Morgan fingerprint density at radius 3 is 2.19 bits per heavy atom. The summed E-state index contributed by atoms with van der Waals surface area (Å²) in [7, 11) is -0.384. The van der Waals surface area contributed by atoms with E-state index >= 15 is 0 Å². The standard InChI is InChI=1S/C21H33BN2O3/c1-19(2,3)18(25)24-10-8-15(9-11-24)16-12-17(14-23-13-16)22-26-20(4,5)21(6,7)27-22/h12-15H,8-11H2,1-7H3. The minimum atomic E-state index is -0.384. The second-order valence-electron chi connectivity index (χ2n) is 9.96. The number of carbonyl (C=O) groups is 1. The van der Waals surface area contributed by atoms with Crippen LogP contribution in [0, 0.1) is 5.41 Å². The molecule has 1 amide bonds. The van der Waals surface area contributed by atoms with E-state index in [1.165, 1.54) is 5.56 Å². The summed E-state index contributed by atoms with van der Waals surface area (Å²) >= 11 is 0.